The third kappa shape index (κ3) is 2.57. The average molecular weight is 349 g/mol. The highest BCUT2D eigenvalue weighted by atomic mass is 16.5. The summed E-state index contributed by atoms with van der Waals surface area (Å²) < 4.78 is 5.55. The zero-order valence-electron chi connectivity index (χ0n) is 13.9. The van der Waals surface area contributed by atoms with Gasteiger partial charge in [-0.05, 0) is 31.2 Å². The van der Waals surface area contributed by atoms with E-state index in [0.717, 1.165) is 0 Å². The Bertz CT molecular complexity index is 1160. The van der Waals surface area contributed by atoms with Crippen molar-refractivity contribution in [2.24, 2.45) is 0 Å². The van der Waals surface area contributed by atoms with Crippen molar-refractivity contribution in [3.63, 3.8) is 0 Å². The number of para-hydroxylation sites is 3. The largest absolute Gasteiger partial charge is 0.492 e. The van der Waals surface area contributed by atoms with Gasteiger partial charge in [-0.1, -0.05) is 18.2 Å². The monoisotopic (exact) mass is 349 g/mol. The lowest BCUT2D eigenvalue weighted by molar-refractivity contribution is 0.342. The van der Waals surface area contributed by atoms with Gasteiger partial charge in [-0.25, -0.2) is 0 Å². The fraction of sp³-hybridized carbons (Fsp3) is 0.111. The summed E-state index contributed by atoms with van der Waals surface area (Å²) in [5.74, 6) is 0.604. The molecule has 0 radical (unpaired) electrons. The normalized spacial score (nSPS) is 11.0. The Hall–Kier alpha value is -3.68. The Balaban J connectivity index is 1.68. The standard InChI is InChI=1S/C18H15N5O3/c1-2-26-13-9-4-3-6-10(13)19-15-16(18(25)17(15)24)20-11-7-5-8-12-14(11)22-23-21-12/h3-9,19-20H,2H2,1H3,(H,21,22,23). The molecule has 0 aliphatic heterocycles. The van der Waals surface area contributed by atoms with Crippen LogP contribution in [-0.2, 0) is 0 Å². The van der Waals surface area contributed by atoms with Crippen molar-refractivity contribution in [3.8, 4) is 5.75 Å². The third-order valence-electron chi connectivity index (χ3n) is 3.96. The molecule has 26 heavy (non-hydrogen) atoms. The van der Waals surface area contributed by atoms with E-state index in [1.54, 1.807) is 30.3 Å². The van der Waals surface area contributed by atoms with Gasteiger partial charge < -0.3 is 15.4 Å². The number of aromatic amines is 1. The van der Waals surface area contributed by atoms with Crippen molar-refractivity contribution in [2.45, 2.75) is 6.92 Å². The maximum Gasteiger partial charge on any atom is 0.253 e. The molecule has 0 spiro atoms. The number of hydrogen-bond acceptors (Lipinski definition) is 7. The number of anilines is 4. The molecule has 0 saturated heterocycles. The van der Waals surface area contributed by atoms with Crippen molar-refractivity contribution in [1.29, 1.82) is 0 Å². The summed E-state index contributed by atoms with van der Waals surface area (Å²) in [6.45, 7) is 2.36. The molecule has 8 heteroatoms. The minimum absolute atomic E-state index is 0.191. The second kappa shape index (κ2) is 6.32. The summed E-state index contributed by atoms with van der Waals surface area (Å²) in [5.41, 5.74) is 1.67. The second-order valence-corrected chi connectivity index (χ2v) is 5.58. The van der Waals surface area contributed by atoms with E-state index in [4.69, 9.17) is 4.74 Å². The smallest absolute Gasteiger partial charge is 0.253 e. The third-order valence-corrected chi connectivity index (χ3v) is 3.96. The van der Waals surface area contributed by atoms with Crippen LogP contribution < -0.4 is 26.2 Å². The van der Waals surface area contributed by atoms with E-state index in [1.165, 1.54) is 0 Å². The van der Waals surface area contributed by atoms with Crippen molar-refractivity contribution in [2.75, 3.05) is 17.2 Å². The number of hydrogen-bond donors (Lipinski definition) is 3. The molecule has 130 valence electrons. The summed E-state index contributed by atoms with van der Waals surface area (Å²) in [5, 5.41) is 16.6. The molecule has 0 bridgehead atoms. The van der Waals surface area contributed by atoms with Crippen LogP contribution in [-0.4, -0.2) is 22.0 Å². The molecular weight excluding hydrogens is 334 g/mol. The Labute approximate surface area is 147 Å². The van der Waals surface area contributed by atoms with E-state index in [2.05, 4.69) is 26.0 Å². The first-order valence-electron chi connectivity index (χ1n) is 8.07. The van der Waals surface area contributed by atoms with E-state index in [-0.39, 0.29) is 11.4 Å². The van der Waals surface area contributed by atoms with Crippen molar-refractivity contribution < 1.29 is 4.74 Å². The quantitative estimate of drug-likeness (QED) is 0.459. The molecule has 0 atom stereocenters. The van der Waals surface area contributed by atoms with Crippen LogP contribution in [0.2, 0.25) is 0 Å². The van der Waals surface area contributed by atoms with Crippen LogP contribution in [0.4, 0.5) is 22.7 Å². The Morgan fingerprint density at radius 1 is 0.923 bits per heavy atom. The highest BCUT2D eigenvalue weighted by Crippen LogP contribution is 2.31. The Kier molecular flexibility index (Phi) is 3.85. The van der Waals surface area contributed by atoms with Crippen LogP contribution in [0.25, 0.3) is 11.0 Å². The molecule has 8 nitrogen and oxygen atoms in total. The number of aromatic nitrogens is 3. The highest BCUT2D eigenvalue weighted by Gasteiger charge is 2.23. The van der Waals surface area contributed by atoms with E-state index in [1.807, 2.05) is 19.1 Å². The van der Waals surface area contributed by atoms with Crippen LogP contribution in [0.15, 0.2) is 52.1 Å². The molecular formula is C18H15N5O3. The lowest BCUT2D eigenvalue weighted by atomic mass is 10.1. The molecule has 0 unspecified atom stereocenters. The number of rotatable bonds is 6. The van der Waals surface area contributed by atoms with E-state index < -0.39 is 10.9 Å². The van der Waals surface area contributed by atoms with Gasteiger partial charge in [-0.15, -0.1) is 0 Å². The van der Waals surface area contributed by atoms with Gasteiger partial charge in [0.1, 0.15) is 28.2 Å². The summed E-state index contributed by atoms with van der Waals surface area (Å²) in [4.78, 5) is 24.1. The van der Waals surface area contributed by atoms with Crippen molar-refractivity contribution in [1.82, 2.24) is 15.4 Å². The number of nitrogens with zero attached hydrogens (tertiary/aromatic N) is 2. The van der Waals surface area contributed by atoms with Gasteiger partial charge in [0.25, 0.3) is 10.9 Å². The van der Waals surface area contributed by atoms with E-state index in [0.29, 0.717) is 34.8 Å². The second-order valence-electron chi connectivity index (χ2n) is 5.58. The number of nitrogens with one attached hydrogen (secondary N) is 3. The maximum atomic E-state index is 12.1. The molecule has 3 N–H and O–H groups in total. The zero-order chi connectivity index (χ0) is 18.1. The summed E-state index contributed by atoms with van der Waals surface area (Å²) >= 11 is 0. The van der Waals surface area contributed by atoms with Gasteiger partial charge in [-0.3, -0.25) is 9.59 Å². The molecule has 4 rings (SSSR count). The Morgan fingerprint density at radius 2 is 1.62 bits per heavy atom. The Morgan fingerprint density at radius 3 is 2.38 bits per heavy atom. The van der Waals surface area contributed by atoms with Gasteiger partial charge in [0.2, 0.25) is 0 Å². The molecule has 0 fully saturated rings. The van der Waals surface area contributed by atoms with E-state index in [9.17, 15) is 9.59 Å². The van der Waals surface area contributed by atoms with E-state index >= 15 is 0 Å². The molecule has 0 amide bonds. The first kappa shape index (κ1) is 15.8. The van der Waals surface area contributed by atoms with Crippen molar-refractivity contribution >= 4 is 33.8 Å². The van der Waals surface area contributed by atoms with Gasteiger partial charge in [-0.2, -0.15) is 15.4 Å². The number of H-pyrrole nitrogens is 1. The summed E-state index contributed by atoms with van der Waals surface area (Å²) in [6, 6.07) is 12.6. The highest BCUT2D eigenvalue weighted by molar-refractivity contribution is 5.92. The maximum absolute atomic E-state index is 12.1. The topological polar surface area (TPSA) is 109 Å². The van der Waals surface area contributed by atoms with Gasteiger partial charge >= 0.3 is 0 Å². The van der Waals surface area contributed by atoms with Crippen molar-refractivity contribution in [3.05, 3.63) is 62.9 Å². The minimum atomic E-state index is -0.582. The van der Waals surface area contributed by atoms with Crippen LogP contribution >= 0.6 is 0 Å². The van der Waals surface area contributed by atoms with Gasteiger partial charge in [0, 0.05) is 0 Å². The molecule has 1 heterocycles. The molecule has 0 saturated carbocycles. The predicted molar refractivity (Wildman–Crippen MR) is 99.4 cm³/mol. The number of fused-ring (bicyclic) bond motifs is 1. The number of ether oxygens (including phenoxy) is 1. The fourth-order valence-corrected chi connectivity index (χ4v) is 2.72. The fourth-order valence-electron chi connectivity index (χ4n) is 2.72. The summed E-state index contributed by atoms with van der Waals surface area (Å²) in [7, 11) is 0. The lowest BCUT2D eigenvalue weighted by Crippen LogP contribution is -2.35. The van der Waals surface area contributed by atoms with Crippen LogP contribution in [0.1, 0.15) is 6.92 Å². The van der Waals surface area contributed by atoms with Gasteiger partial charge in [0.05, 0.1) is 18.0 Å². The predicted octanol–water partition coefficient (Wildman–Crippen LogP) is 2.44. The number of benzene rings is 2. The van der Waals surface area contributed by atoms with Crippen LogP contribution in [0.3, 0.4) is 0 Å². The minimum Gasteiger partial charge on any atom is -0.492 e. The average Bonchev–Trinajstić information content (AvgIpc) is 3.15. The van der Waals surface area contributed by atoms with Gasteiger partial charge in [0.15, 0.2) is 0 Å². The first-order valence-corrected chi connectivity index (χ1v) is 8.07. The molecule has 1 aromatic heterocycles. The molecule has 3 aromatic carbocycles. The van der Waals surface area contributed by atoms with Crippen LogP contribution in [0.5, 0.6) is 5.75 Å². The molecule has 4 aromatic rings. The SMILES string of the molecule is CCOc1ccccc1Nc1c(Nc2cccc3n[nH]nc23)c(=O)c1=O. The zero-order valence-corrected chi connectivity index (χ0v) is 13.9. The van der Waals surface area contributed by atoms with Crippen LogP contribution in [0, 0.1) is 0 Å². The first-order chi connectivity index (χ1) is 12.7. The lowest BCUT2D eigenvalue weighted by Gasteiger charge is -2.17. The summed E-state index contributed by atoms with van der Waals surface area (Å²) in [6.07, 6.45) is 0. The molecule has 0 aliphatic rings. The molecule has 0 aliphatic carbocycles.